The average molecular weight is 333 g/mol. The molecule has 0 saturated heterocycles. The maximum atomic E-state index is 5.97. The van der Waals surface area contributed by atoms with Crippen molar-refractivity contribution in [3.05, 3.63) is 71.5 Å². The second-order valence-corrected chi connectivity index (χ2v) is 7.11. The number of hydrogen-bond acceptors (Lipinski definition) is 2. The molecule has 2 heteroatoms. The predicted octanol–water partition coefficient (Wildman–Crippen LogP) is 5.75. The normalized spacial score (nSPS) is 11.2. The molecule has 1 heterocycles. The highest BCUT2D eigenvalue weighted by Gasteiger charge is 2.06. The van der Waals surface area contributed by atoms with E-state index in [2.05, 4.69) is 74.3 Å². The zero-order chi connectivity index (χ0) is 17.6. The summed E-state index contributed by atoms with van der Waals surface area (Å²) < 4.78 is 5.97. The fourth-order valence-corrected chi connectivity index (χ4v) is 3.02. The van der Waals surface area contributed by atoms with Gasteiger partial charge in [0.1, 0.15) is 5.75 Å². The van der Waals surface area contributed by atoms with Crippen molar-refractivity contribution < 1.29 is 4.74 Å². The van der Waals surface area contributed by atoms with Crippen molar-refractivity contribution in [2.75, 3.05) is 6.61 Å². The molecular formula is C23H27NO. The molecule has 0 amide bonds. The van der Waals surface area contributed by atoms with Crippen LogP contribution < -0.4 is 4.74 Å². The van der Waals surface area contributed by atoms with E-state index >= 15 is 0 Å². The summed E-state index contributed by atoms with van der Waals surface area (Å²) in [5.41, 5.74) is 3.58. The molecule has 25 heavy (non-hydrogen) atoms. The minimum atomic E-state index is 0.660. The first-order chi connectivity index (χ1) is 12.1. The molecule has 0 unspecified atom stereocenters. The van der Waals surface area contributed by atoms with Crippen molar-refractivity contribution in [3.8, 4) is 5.75 Å². The molecule has 0 aliphatic heterocycles. The zero-order valence-corrected chi connectivity index (χ0v) is 15.5. The largest absolute Gasteiger partial charge is 0.493 e. The van der Waals surface area contributed by atoms with Crippen molar-refractivity contribution in [3.63, 3.8) is 0 Å². The van der Waals surface area contributed by atoms with Crippen LogP contribution in [0, 0.1) is 12.8 Å². The van der Waals surface area contributed by atoms with Crippen LogP contribution in [0.5, 0.6) is 5.75 Å². The smallest absolute Gasteiger partial charge is 0.125 e. The minimum Gasteiger partial charge on any atom is -0.493 e. The quantitative estimate of drug-likeness (QED) is 0.549. The number of aryl methyl sites for hydroxylation is 3. The summed E-state index contributed by atoms with van der Waals surface area (Å²) in [6.45, 7) is 7.27. The Balaban J connectivity index is 1.70. The van der Waals surface area contributed by atoms with E-state index in [0.717, 1.165) is 42.9 Å². The van der Waals surface area contributed by atoms with Gasteiger partial charge in [-0.25, -0.2) is 0 Å². The topological polar surface area (TPSA) is 22.1 Å². The first-order valence-corrected chi connectivity index (χ1v) is 9.18. The maximum absolute atomic E-state index is 5.97. The zero-order valence-electron chi connectivity index (χ0n) is 15.5. The van der Waals surface area contributed by atoms with Crippen LogP contribution in [0.2, 0.25) is 0 Å². The number of hydrogen-bond donors (Lipinski definition) is 0. The van der Waals surface area contributed by atoms with E-state index < -0.39 is 0 Å². The third-order valence-electron chi connectivity index (χ3n) is 4.59. The fourth-order valence-electron chi connectivity index (χ4n) is 3.02. The van der Waals surface area contributed by atoms with Crippen molar-refractivity contribution in [1.29, 1.82) is 0 Å². The Morgan fingerprint density at radius 2 is 1.80 bits per heavy atom. The SMILES string of the molecule is Cc1cnc(CCc2cccc3ccccc23)cc1OCCC(C)C. The van der Waals surface area contributed by atoms with Crippen molar-refractivity contribution in [2.24, 2.45) is 5.92 Å². The van der Waals surface area contributed by atoms with Crippen LogP contribution in [0.25, 0.3) is 10.8 Å². The monoisotopic (exact) mass is 333 g/mol. The van der Waals surface area contributed by atoms with Crippen LogP contribution in [0.15, 0.2) is 54.7 Å². The Bertz CT molecular complexity index is 833. The van der Waals surface area contributed by atoms with Gasteiger partial charge in [-0.05, 0) is 48.4 Å². The highest BCUT2D eigenvalue weighted by Crippen LogP contribution is 2.22. The van der Waals surface area contributed by atoms with Crippen molar-refractivity contribution in [1.82, 2.24) is 4.98 Å². The van der Waals surface area contributed by atoms with E-state index in [1.54, 1.807) is 0 Å². The van der Waals surface area contributed by atoms with E-state index in [1.165, 1.54) is 16.3 Å². The molecule has 0 aliphatic carbocycles. The number of fused-ring (bicyclic) bond motifs is 1. The van der Waals surface area contributed by atoms with Gasteiger partial charge < -0.3 is 4.74 Å². The summed E-state index contributed by atoms with van der Waals surface area (Å²) in [6.07, 6.45) is 4.92. The number of ether oxygens (including phenoxy) is 1. The molecule has 0 saturated carbocycles. The van der Waals surface area contributed by atoms with Crippen LogP contribution in [0.3, 0.4) is 0 Å². The fraction of sp³-hybridized carbons (Fsp3) is 0.348. The Kier molecular flexibility index (Phi) is 5.70. The summed E-state index contributed by atoms with van der Waals surface area (Å²) in [6, 6.07) is 17.2. The molecule has 1 aromatic heterocycles. The standard InChI is InChI=1S/C23H27NO/c1-17(2)13-14-25-23-15-21(24-16-18(23)3)12-11-20-9-6-8-19-7-4-5-10-22(19)20/h4-10,15-17H,11-14H2,1-3H3. The third kappa shape index (κ3) is 4.60. The second kappa shape index (κ2) is 8.15. The molecule has 0 radical (unpaired) electrons. The Hall–Kier alpha value is -2.35. The van der Waals surface area contributed by atoms with E-state index in [9.17, 15) is 0 Å². The van der Waals surface area contributed by atoms with Gasteiger partial charge in [0.25, 0.3) is 0 Å². The number of rotatable bonds is 7. The van der Waals surface area contributed by atoms with Gasteiger partial charge in [-0.3, -0.25) is 4.98 Å². The molecule has 0 N–H and O–H groups in total. The molecule has 3 aromatic rings. The van der Waals surface area contributed by atoms with Gasteiger partial charge >= 0.3 is 0 Å². The average Bonchev–Trinajstić information content (AvgIpc) is 2.62. The van der Waals surface area contributed by atoms with Gasteiger partial charge in [-0.2, -0.15) is 0 Å². The van der Waals surface area contributed by atoms with Crippen LogP contribution in [-0.4, -0.2) is 11.6 Å². The van der Waals surface area contributed by atoms with Gasteiger partial charge in [0.15, 0.2) is 0 Å². The number of nitrogens with zero attached hydrogens (tertiary/aromatic N) is 1. The van der Waals surface area contributed by atoms with E-state index in [4.69, 9.17) is 4.74 Å². The lowest BCUT2D eigenvalue weighted by Gasteiger charge is -2.12. The maximum Gasteiger partial charge on any atom is 0.125 e. The molecular weight excluding hydrogens is 306 g/mol. The van der Waals surface area contributed by atoms with Crippen molar-refractivity contribution in [2.45, 2.75) is 40.0 Å². The van der Waals surface area contributed by atoms with Gasteiger partial charge in [-0.1, -0.05) is 56.3 Å². The highest BCUT2D eigenvalue weighted by molar-refractivity contribution is 5.85. The molecule has 0 aliphatic rings. The lowest BCUT2D eigenvalue weighted by molar-refractivity contribution is 0.287. The van der Waals surface area contributed by atoms with Crippen LogP contribution >= 0.6 is 0 Å². The van der Waals surface area contributed by atoms with Crippen LogP contribution in [-0.2, 0) is 12.8 Å². The lowest BCUT2D eigenvalue weighted by Crippen LogP contribution is -2.04. The summed E-state index contributed by atoms with van der Waals surface area (Å²) in [7, 11) is 0. The number of pyridine rings is 1. The Labute approximate surface area is 150 Å². The second-order valence-electron chi connectivity index (χ2n) is 7.11. The van der Waals surface area contributed by atoms with Gasteiger partial charge in [0.2, 0.25) is 0 Å². The van der Waals surface area contributed by atoms with Gasteiger partial charge in [-0.15, -0.1) is 0 Å². The van der Waals surface area contributed by atoms with E-state index in [0.29, 0.717) is 5.92 Å². The summed E-state index contributed by atoms with van der Waals surface area (Å²) in [4.78, 5) is 4.60. The first-order valence-electron chi connectivity index (χ1n) is 9.18. The van der Waals surface area contributed by atoms with Crippen LogP contribution in [0.4, 0.5) is 0 Å². The third-order valence-corrected chi connectivity index (χ3v) is 4.59. The molecule has 2 aromatic carbocycles. The molecule has 0 atom stereocenters. The molecule has 0 spiro atoms. The number of aromatic nitrogens is 1. The highest BCUT2D eigenvalue weighted by atomic mass is 16.5. The van der Waals surface area contributed by atoms with E-state index in [1.807, 2.05) is 6.20 Å². The van der Waals surface area contributed by atoms with Gasteiger partial charge in [0, 0.05) is 23.5 Å². The van der Waals surface area contributed by atoms with Crippen LogP contribution in [0.1, 0.15) is 37.1 Å². The lowest BCUT2D eigenvalue weighted by atomic mass is 10.00. The molecule has 2 nitrogen and oxygen atoms in total. The summed E-state index contributed by atoms with van der Waals surface area (Å²) in [5, 5.41) is 2.64. The summed E-state index contributed by atoms with van der Waals surface area (Å²) in [5.74, 6) is 1.64. The molecule has 3 rings (SSSR count). The first kappa shape index (κ1) is 17.5. The Morgan fingerprint density at radius 1 is 1.00 bits per heavy atom. The predicted molar refractivity (Wildman–Crippen MR) is 105 cm³/mol. The van der Waals surface area contributed by atoms with Crippen molar-refractivity contribution >= 4 is 10.8 Å². The van der Waals surface area contributed by atoms with E-state index in [-0.39, 0.29) is 0 Å². The molecule has 0 fully saturated rings. The summed E-state index contributed by atoms with van der Waals surface area (Å²) >= 11 is 0. The molecule has 130 valence electrons. The minimum absolute atomic E-state index is 0.660. The Morgan fingerprint density at radius 3 is 2.64 bits per heavy atom. The molecule has 0 bridgehead atoms. The number of benzene rings is 2. The van der Waals surface area contributed by atoms with Gasteiger partial charge in [0.05, 0.1) is 6.61 Å².